The third kappa shape index (κ3) is 5.74. The molecule has 1 N–H and O–H groups in total. The Morgan fingerprint density at radius 3 is 2.42 bits per heavy atom. The van der Waals surface area contributed by atoms with Gasteiger partial charge in [-0.05, 0) is 36.8 Å². The number of methoxy groups -OCH3 is 2. The minimum absolute atomic E-state index is 0.0142. The summed E-state index contributed by atoms with van der Waals surface area (Å²) < 4.78 is 48.5. The number of carbonyl (C=O) groups excluding carboxylic acids is 1. The largest absolute Gasteiger partial charge is 0.493 e. The monoisotopic (exact) mass is 616 g/mol. The van der Waals surface area contributed by atoms with Crippen molar-refractivity contribution in [2.75, 3.05) is 45.3 Å². The van der Waals surface area contributed by atoms with Crippen molar-refractivity contribution in [2.24, 2.45) is 0 Å². The van der Waals surface area contributed by atoms with Crippen molar-refractivity contribution in [1.29, 1.82) is 0 Å². The number of ether oxygens (including phenoxy) is 3. The van der Waals surface area contributed by atoms with Crippen molar-refractivity contribution in [2.45, 2.75) is 19.9 Å². The summed E-state index contributed by atoms with van der Waals surface area (Å²) in [6.45, 7) is 4.81. The molecular weight excluding hydrogens is 586 g/mol. The summed E-state index contributed by atoms with van der Waals surface area (Å²) >= 11 is 0. The molecule has 5 aromatic rings. The quantitative estimate of drug-likeness (QED) is 0.240. The number of Topliss-reactive ketones (excluding diaryl/α,β-unsaturated/α-hetero) is 1. The molecule has 11 nitrogen and oxygen atoms in total. The molecule has 0 radical (unpaired) electrons. The van der Waals surface area contributed by atoms with Gasteiger partial charge < -0.3 is 29.0 Å². The first-order chi connectivity index (χ1) is 21.8. The Hall–Kier alpha value is -5.17. The second-order valence-corrected chi connectivity index (χ2v) is 10.4. The van der Waals surface area contributed by atoms with Crippen LogP contribution in [0.4, 0.5) is 14.6 Å². The average Bonchev–Trinajstić information content (AvgIpc) is 3.06. The predicted molar refractivity (Wildman–Crippen MR) is 164 cm³/mol. The molecule has 4 heterocycles. The molecule has 6 rings (SSSR count). The summed E-state index contributed by atoms with van der Waals surface area (Å²) in [6, 6.07) is 8.52. The molecule has 0 unspecified atom stereocenters. The van der Waals surface area contributed by atoms with Crippen molar-refractivity contribution < 1.29 is 27.8 Å². The van der Waals surface area contributed by atoms with Gasteiger partial charge in [-0.1, -0.05) is 6.07 Å². The molecule has 1 fully saturated rings. The van der Waals surface area contributed by atoms with Crippen molar-refractivity contribution in [3.8, 4) is 23.1 Å². The molecule has 1 aliphatic heterocycles. The Bertz CT molecular complexity index is 1990. The molecule has 0 bridgehead atoms. The second kappa shape index (κ2) is 12.4. The van der Waals surface area contributed by atoms with Crippen LogP contribution in [0.3, 0.4) is 0 Å². The maximum absolute atomic E-state index is 15.2. The Labute approximate surface area is 256 Å². The number of aromatic nitrogens is 4. The van der Waals surface area contributed by atoms with E-state index >= 15 is 8.78 Å². The zero-order valence-electron chi connectivity index (χ0n) is 24.9. The Kier molecular flexibility index (Phi) is 8.26. The summed E-state index contributed by atoms with van der Waals surface area (Å²) in [6.07, 6.45) is 2.47. The van der Waals surface area contributed by atoms with E-state index < -0.39 is 22.8 Å². The fourth-order valence-electron chi connectivity index (χ4n) is 5.38. The Morgan fingerprint density at radius 2 is 1.71 bits per heavy atom. The minimum Gasteiger partial charge on any atom is -0.493 e. The van der Waals surface area contributed by atoms with E-state index in [4.69, 9.17) is 14.2 Å². The fourth-order valence-corrected chi connectivity index (χ4v) is 5.38. The van der Waals surface area contributed by atoms with E-state index in [-0.39, 0.29) is 34.8 Å². The summed E-state index contributed by atoms with van der Waals surface area (Å²) in [4.78, 5) is 41.5. The molecule has 0 spiro atoms. The summed E-state index contributed by atoms with van der Waals surface area (Å²) in [5.74, 6) is -0.850. The first-order valence-electron chi connectivity index (χ1n) is 14.4. The van der Waals surface area contributed by atoms with Crippen LogP contribution in [0.5, 0.6) is 23.1 Å². The molecule has 1 saturated heterocycles. The van der Waals surface area contributed by atoms with Gasteiger partial charge in [-0.15, -0.1) is 0 Å². The molecule has 2 aromatic carbocycles. The number of carbonyl (C=O) groups is 1. The van der Waals surface area contributed by atoms with Crippen LogP contribution in [0.2, 0.25) is 0 Å². The topological polar surface area (TPSA) is 121 Å². The second-order valence-electron chi connectivity index (χ2n) is 10.4. The van der Waals surface area contributed by atoms with Gasteiger partial charge in [0.05, 0.1) is 36.1 Å². The van der Waals surface area contributed by atoms with E-state index in [1.807, 2.05) is 11.8 Å². The summed E-state index contributed by atoms with van der Waals surface area (Å²) in [5, 5.41) is 3.70. The highest BCUT2D eigenvalue weighted by Crippen LogP contribution is 2.36. The van der Waals surface area contributed by atoms with E-state index in [1.165, 1.54) is 44.9 Å². The zero-order chi connectivity index (χ0) is 31.7. The lowest BCUT2D eigenvalue weighted by molar-refractivity contribution is 0.0991. The van der Waals surface area contributed by atoms with E-state index in [0.29, 0.717) is 66.3 Å². The van der Waals surface area contributed by atoms with Gasteiger partial charge in [0, 0.05) is 51.4 Å². The first-order valence-corrected chi connectivity index (χ1v) is 14.4. The number of rotatable bonds is 9. The normalized spacial score (nSPS) is 13.3. The molecule has 3 aromatic heterocycles. The number of hydrogen-bond acceptors (Lipinski definition) is 10. The van der Waals surface area contributed by atoms with Crippen molar-refractivity contribution in [3.05, 3.63) is 81.9 Å². The molecule has 0 atom stereocenters. The molecule has 13 heteroatoms. The number of aryl methyl sites for hydroxylation is 1. The van der Waals surface area contributed by atoms with Gasteiger partial charge in [0.2, 0.25) is 11.3 Å². The molecule has 45 heavy (non-hydrogen) atoms. The van der Waals surface area contributed by atoms with E-state index in [0.717, 1.165) is 6.07 Å². The van der Waals surface area contributed by atoms with Gasteiger partial charge >= 0.3 is 0 Å². The first kappa shape index (κ1) is 29.9. The van der Waals surface area contributed by atoms with Crippen molar-refractivity contribution >= 4 is 33.5 Å². The van der Waals surface area contributed by atoms with Gasteiger partial charge in [0.25, 0.3) is 0 Å². The van der Waals surface area contributed by atoms with E-state index in [2.05, 4.69) is 20.3 Å². The molecule has 232 valence electrons. The van der Waals surface area contributed by atoms with Crippen LogP contribution < -0.4 is 29.9 Å². The molecular formula is C32H30F2N6O5. The molecule has 0 saturated carbocycles. The summed E-state index contributed by atoms with van der Waals surface area (Å²) in [7, 11) is 2.99. The van der Waals surface area contributed by atoms with Crippen molar-refractivity contribution in [3.63, 3.8) is 0 Å². The maximum Gasteiger partial charge on any atom is 0.230 e. The number of benzene rings is 2. The third-order valence-corrected chi connectivity index (χ3v) is 7.71. The van der Waals surface area contributed by atoms with Crippen LogP contribution in [0.15, 0.2) is 53.7 Å². The molecule has 1 aliphatic rings. The number of nitrogens with one attached hydrogen (secondary N) is 1. The number of pyridine rings is 2. The van der Waals surface area contributed by atoms with Gasteiger partial charge in [-0.25, -0.2) is 23.7 Å². The zero-order valence-corrected chi connectivity index (χ0v) is 24.9. The van der Waals surface area contributed by atoms with Gasteiger partial charge in [-0.3, -0.25) is 9.59 Å². The highest BCUT2D eigenvalue weighted by atomic mass is 19.1. The number of anilines is 1. The fraction of sp³-hybridized carbons (Fsp3) is 0.281. The summed E-state index contributed by atoms with van der Waals surface area (Å²) in [5.41, 5.74) is 0.377. The standard InChI is InChI=1S/C32H30F2N6O5/c1-4-39-16-21(29(42)20-13-23(34)31(38-30(20)39)40-9-7-35-8-10-40)25(41)12-18-5-6-26(22(33)11-18)45-32-19-14-27(43-2)28(44-3)15-24(19)36-17-37-32/h5-6,11,13-17,35H,4,7-10,12H2,1-3H3. The van der Waals surface area contributed by atoms with Gasteiger partial charge in [0.1, 0.15) is 12.0 Å². The Balaban J connectivity index is 1.27. The number of hydrogen-bond donors (Lipinski definition) is 1. The number of piperazine rings is 1. The van der Waals surface area contributed by atoms with Crippen molar-refractivity contribution in [1.82, 2.24) is 24.8 Å². The van der Waals surface area contributed by atoms with Crippen LogP contribution in [0.1, 0.15) is 22.8 Å². The van der Waals surface area contributed by atoms with Crippen LogP contribution in [-0.4, -0.2) is 65.7 Å². The molecule has 0 aliphatic carbocycles. The average molecular weight is 617 g/mol. The van der Waals surface area contributed by atoms with Gasteiger partial charge in [-0.2, -0.15) is 0 Å². The lowest BCUT2D eigenvalue weighted by Gasteiger charge is -2.29. The Morgan fingerprint density at radius 1 is 0.956 bits per heavy atom. The van der Waals surface area contributed by atoms with E-state index in [1.54, 1.807) is 16.7 Å². The van der Waals surface area contributed by atoms with Gasteiger partial charge in [0.15, 0.2) is 40.5 Å². The van der Waals surface area contributed by atoms with Crippen LogP contribution >= 0.6 is 0 Å². The maximum atomic E-state index is 15.2. The predicted octanol–water partition coefficient (Wildman–Crippen LogP) is 4.28. The third-order valence-electron chi connectivity index (χ3n) is 7.71. The number of nitrogens with zero attached hydrogens (tertiary/aromatic N) is 5. The van der Waals surface area contributed by atoms with Crippen LogP contribution in [0.25, 0.3) is 21.9 Å². The van der Waals surface area contributed by atoms with Crippen LogP contribution in [-0.2, 0) is 13.0 Å². The minimum atomic E-state index is -0.733. The van der Waals surface area contributed by atoms with Crippen LogP contribution in [0, 0.1) is 11.6 Å². The smallest absolute Gasteiger partial charge is 0.230 e. The number of fused-ring (bicyclic) bond motifs is 2. The lowest BCUT2D eigenvalue weighted by atomic mass is 10.0. The highest BCUT2D eigenvalue weighted by molar-refractivity contribution is 5.99. The SMILES string of the molecule is CCn1cc(C(=O)Cc2ccc(Oc3ncnc4cc(OC)c(OC)cc34)c(F)c2)c(=O)c2cc(F)c(N3CCNCC3)nc21. The molecule has 0 amide bonds. The number of ketones is 1. The number of halogens is 2. The lowest BCUT2D eigenvalue weighted by Crippen LogP contribution is -2.44. The highest BCUT2D eigenvalue weighted by Gasteiger charge is 2.22. The van der Waals surface area contributed by atoms with E-state index in [9.17, 15) is 9.59 Å².